The van der Waals surface area contributed by atoms with Gasteiger partial charge in [0.2, 0.25) is 5.43 Å². The number of rotatable bonds is 8. The van der Waals surface area contributed by atoms with Gasteiger partial charge >= 0.3 is 0 Å². The highest BCUT2D eigenvalue weighted by Gasteiger charge is 2.23. The molecule has 4 aromatic rings. The summed E-state index contributed by atoms with van der Waals surface area (Å²) in [4.78, 5) is 13.4. The number of hydrogen-bond donors (Lipinski definition) is 6. The highest BCUT2D eigenvalue weighted by atomic mass is 16.3. The summed E-state index contributed by atoms with van der Waals surface area (Å²) in [5, 5.41) is 45.1. The van der Waals surface area contributed by atoms with E-state index in [1.54, 1.807) is 0 Å². The molecule has 9 nitrogen and oxygen atoms in total. The van der Waals surface area contributed by atoms with Gasteiger partial charge in [-0.1, -0.05) is 0 Å². The summed E-state index contributed by atoms with van der Waals surface area (Å²) < 4.78 is 1.52. The number of aromatic hydroxyl groups is 2. The Labute approximate surface area is 165 Å². The molecule has 0 aliphatic heterocycles. The monoisotopic (exact) mass is 397 g/mol. The van der Waals surface area contributed by atoms with Crippen molar-refractivity contribution in [2.45, 2.75) is 6.54 Å². The summed E-state index contributed by atoms with van der Waals surface area (Å²) in [6, 6.07) is 6.37. The zero-order chi connectivity index (χ0) is 20.5. The van der Waals surface area contributed by atoms with E-state index in [-0.39, 0.29) is 34.4 Å². The average Bonchev–Trinajstić information content (AvgIpc) is 3.07. The molecular weight excluding hydrogens is 374 g/mol. The largest absolute Gasteiger partial charge is 0.507 e. The van der Waals surface area contributed by atoms with Crippen LogP contribution in [0.25, 0.3) is 27.2 Å². The second-order valence-corrected chi connectivity index (χ2v) is 6.83. The second-order valence-electron chi connectivity index (χ2n) is 6.83. The fourth-order valence-corrected chi connectivity index (χ4v) is 3.68. The number of fused-ring (bicyclic) bond motifs is 2. The number of likely N-dealkylation sites (N-methyl/N-ethyl adjacent to an activating group) is 1. The number of benzene rings is 2. The van der Waals surface area contributed by atoms with Crippen molar-refractivity contribution in [3.8, 4) is 11.5 Å². The van der Waals surface area contributed by atoms with E-state index in [1.165, 1.54) is 16.6 Å². The summed E-state index contributed by atoms with van der Waals surface area (Å²) in [6.07, 6.45) is 0. The molecule has 0 saturated heterocycles. The molecule has 0 unspecified atom stereocenters. The van der Waals surface area contributed by atoms with E-state index < -0.39 is 0 Å². The molecule has 0 atom stereocenters. The maximum atomic E-state index is 13.4. The Morgan fingerprint density at radius 3 is 2.55 bits per heavy atom. The molecule has 0 aliphatic carbocycles. The topological polar surface area (TPSA) is 131 Å². The first-order valence-corrected chi connectivity index (χ1v) is 9.43. The molecule has 29 heavy (non-hydrogen) atoms. The van der Waals surface area contributed by atoms with Gasteiger partial charge in [0.05, 0.1) is 28.6 Å². The van der Waals surface area contributed by atoms with E-state index in [2.05, 4.69) is 21.0 Å². The third-order valence-corrected chi connectivity index (χ3v) is 4.99. The Hall–Kier alpha value is -3.14. The third kappa shape index (κ3) is 3.09. The standard InChI is InChI=1S/C20H23N5O4/c1-21-6-7-23-12-3-2-11-13(10-22-8-9-26)24-25-18(11)16(12)20(29)17-14(27)4-5-15(28)19(17)25/h2-5,21-23,26-28H,6-10H2,1H3. The lowest BCUT2D eigenvalue weighted by molar-refractivity contribution is 0.291. The van der Waals surface area contributed by atoms with Crippen molar-refractivity contribution in [1.82, 2.24) is 20.2 Å². The van der Waals surface area contributed by atoms with Crippen molar-refractivity contribution >= 4 is 32.9 Å². The second kappa shape index (κ2) is 7.70. The maximum Gasteiger partial charge on any atom is 0.203 e. The van der Waals surface area contributed by atoms with E-state index in [0.717, 1.165) is 5.39 Å². The number of phenols is 2. The molecule has 0 fully saturated rings. The van der Waals surface area contributed by atoms with E-state index in [9.17, 15) is 15.0 Å². The van der Waals surface area contributed by atoms with E-state index in [4.69, 9.17) is 5.11 Å². The minimum Gasteiger partial charge on any atom is -0.507 e. The summed E-state index contributed by atoms with van der Waals surface area (Å²) in [5.41, 5.74) is 1.71. The van der Waals surface area contributed by atoms with Crippen LogP contribution in [0.2, 0.25) is 0 Å². The Morgan fingerprint density at radius 2 is 1.79 bits per heavy atom. The number of pyridine rings is 1. The quantitative estimate of drug-likeness (QED) is 0.144. The van der Waals surface area contributed by atoms with Gasteiger partial charge in [-0.3, -0.25) is 4.79 Å². The molecule has 2 heterocycles. The first-order valence-electron chi connectivity index (χ1n) is 9.43. The maximum absolute atomic E-state index is 13.4. The van der Waals surface area contributed by atoms with Gasteiger partial charge in [-0.25, -0.2) is 4.52 Å². The van der Waals surface area contributed by atoms with Crippen LogP contribution >= 0.6 is 0 Å². The van der Waals surface area contributed by atoms with Crippen LogP contribution in [-0.2, 0) is 6.54 Å². The predicted octanol–water partition coefficient (Wildman–Crippen LogP) is 0.563. The van der Waals surface area contributed by atoms with Gasteiger partial charge in [0.25, 0.3) is 0 Å². The SMILES string of the molecule is CNCCNc1ccc2c(CNCCO)nn3c4c(O)ccc(O)c4c(=O)c1c23. The molecule has 0 bridgehead atoms. The lowest BCUT2D eigenvalue weighted by Gasteiger charge is -2.12. The lowest BCUT2D eigenvalue weighted by atomic mass is 10.0. The van der Waals surface area contributed by atoms with Crippen molar-refractivity contribution in [2.24, 2.45) is 0 Å². The number of hydrogen-bond acceptors (Lipinski definition) is 8. The van der Waals surface area contributed by atoms with Crippen LogP contribution in [0.15, 0.2) is 29.1 Å². The molecule has 0 radical (unpaired) electrons. The molecule has 2 aromatic heterocycles. The molecule has 6 N–H and O–H groups in total. The molecule has 0 amide bonds. The number of phenolic OH excluding ortho intramolecular Hbond substituents is 2. The van der Waals surface area contributed by atoms with E-state index in [1.807, 2.05) is 19.2 Å². The Bertz CT molecular complexity index is 1240. The molecule has 0 spiro atoms. The summed E-state index contributed by atoms with van der Waals surface area (Å²) in [6.45, 7) is 2.12. The molecular formula is C20H23N5O4. The zero-order valence-corrected chi connectivity index (χ0v) is 16.0. The first kappa shape index (κ1) is 19.2. The minimum absolute atomic E-state index is 0.000592. The lowest BCUT2D eigenvalue weighted by Crippen LogP contribution is -2.19. The average molecular weight is 397 g/mol. The van der Waals surface area contributed by atoms with Crippen molar-refractivity contribution in [3.05, 3.63) is 40.2 Å². The van der Waals surface area contributed by atoms with Crippen LogP contribution in [0.4, 0.5) is 5.69 Å². The van der Waals surface area contributed by atoms with E-state index in [0.29, 0.717) is 48.5 Å². The zero-order valence-electron chi connectivity index (χ0n) is 16.0. The first-order chi connectivity index (χ1) is 14.1. The summed E-state index contributed by atoms with van der Waals surface area (Å²) in [7, 11) is 1.85. The summed E-state index contributed by atoms with van der Waals surface area (Å²) in [5.74, 6) is -0.341. The number of anilines is 1. The van der Waals surface area contributed by atoms with Crippen LogP contribution in [0.1, 0.15) is 5.69 Å². The number of aromatic nitrogens is 2. The highest BCUT2D eigenvalue weighted by Crippen LogP contribution is 2.36. The molecule has 4 rings (SSSR count). The predicted molar refractivity (Wildman–Crippen MR) is 112 cm³/mol. The van der Waals surface area contributed by atoms with Crippen LogP contribution in [-0.4, -0.2) is 58.2 Å². The van der Waals surface area contributed by atoms with E-state index >= 15 is 0 Å². The van der Waals surface area contributed by atoms with Crippen LogP contribution in [0, 0.1) is 0 Å². The fraction of sp³-hybridized carbons (Fsp3) is 0.300. The van der Waals surface area contributed by atoms with Crippen molar-refractivity contribution in [2.75, 3.05) is 38.6 Å². The van der Waals surface area contributed by atoms with Gasteiger partial charge in [0, 0.05) is 37.3 Å². The minimum atomic E-state index is -0.367. The highest BCUT2D eigenvalue weighted by molar-refractivity contribution is 6.10. The molecule has 152 valence electrons. The summed E-state index contributed by atoms with van der Waals surface area (Å²) >= 11 is 0. The molecule has 0 saturated carbocycles. The van der Waals surface area contributed by atoms with Gasteiger partial charge in [0.15, 0.2) is 0 Å². The van der Waals surface area contributed by atoms with Crippen LogP contribution < -0.4 is 21.4 Å². The Balaban J connectivity index is 2.07. The van der Waals surface area contributed by atoms with Crippen molar-refractivity contribution in [3.63, 3.8) is 0 Å². The number of aliphatic hydroxyl groups excluding tert-OH is 1. The Kier molecular flexibility index (Phi) is 5.10. The molecule has 0 aliphatic rings. The smallest absolute Gasteiger partial charge is 0.203 e. The normalized spacial score (nSPS) is 11.8. The number of nitrogens with zero attached hydrogens (tertiary/aromatic N) is 2. The van der Waals surface area contributed by atoms with Gasteiger partial charge in [0.1, 0.15) is 17.0 Å². The van der Waals surface area contributed by atoms with Gasteiger partial charge in [-0.05, 0) is 31.3 Å². The van der Waals surface area contributed by atoms with Gasteiger partial charge in [-0.2, -0.15) is 5.10 Å². The number of aliphatic hydroxyl groups is 1. The van der Waals surface area contributed by atoms with Crippen molar-refractivity contribution < 1.29 is 15.3 Å². The molecule has 9 heteroatoms. The van der Waals surface area contributed by atoms with Crippen LogP contribution in [0.5, 0.6) is 11.5 Å². The van der Waals surface area contributed by atoms with Gasteiger partial charge in [-0.15, -0.1) is 0 Å². The Morgan fingerprint density at radius 1 is 1.00 bits per heavy atom. The third-order valence-electron chi connectivity index (χ3n) is 4.99. The van der Waals surface area contributed by atoms with Crippen LogP contribution in [0.3, 0.4) is 0 Å². The molecule has 2 aromatic carbocycles. The number of nitrogens with one attached hydrogen (secondary N) is 3. The van der Waals surface area contributed by atoms with Crippen molar-refractivity contribution in [1.29, 1.82) is 0 Å². The fourth-order valence-electron chi connectivity index (χ4n) is 3.68. The van der Waals surface area contributed by atoms with Gasteiger partial charge < -0.3 is 31.3 Å².